The quantitative estimate of drug-likeness (QED) is 0.737. The minimum Gasteiger partial charge on any atom is -0.398 e. The lowest BCUT2D eigenvalue weighted by Gasteiger charge is -2.07. The highest BCUT2D eigenvalue weighted by Gasteiger charge is 2.15. The molecule has 0 unspecified atom stereocenters. The van der Waals surface area contributed by atoms with Crippen LogP contribution in [0.3, 0.4) is 0 Å². The van der Waals surface area contributed by atoms with E-state index >= 15 is 0 Å². The summed E-state index contributed by atoms with van der Waals surface area (Å²) in [4.78, 5) is 1.09. The number of halogens is 2. The summed E-state index contributed by atoms with van der Waals surface area (Å²) in [6.45, 7) is 0.259. The van der Waals surface area contributed by atoms with Gasteiger partial charge >= 0.3 is 0 Å². The number of nitrogens with one attached hydrogen (secondary N) is 1. The standard InChI is InChI=1S/C11H10Br2N2O2S2/c12-7-3-8(18-6-7)5-15-19(16,17)9-1-2-10(13)11(14)4-9/h1-4,6,15H,5,14H2. The van der Waals surface area contributed by atoms with Gasteiger partial charge in [0.1, 0.15) is 0 Å². The van der Waals surface area contributed by atoms with Gasteiger partial charge in [0.05, 0.1) is 4.90 Å². The van der Waals surface area contributed by atoms with Gasteiger partial charge < -0.3 is 5.73 Å². The first-order chi connectivity index (χ1) is 8.88. The monoisotopic (exact) mass is 424 g/mol. The first-order valence-corrected chi connectivity index (χ1v) is 9.11. The molecule has 0 atom stereocenters. The number of benzene rings is 1. The van der Waals surface area contributed by atoms with Crippen LogP contribution in [0.4, 0.5) is 5.69 Å². The smallest absolute Gasteiger partial charge is 0.240 e. The number of anilines is 1. The Labute approximate surface area is 132 Å². The van der Waals surface area contributed by atoms with Gasteiger partial charge in [0.25, 0.3) is 0 Å². The van der Waals surface area contributed by atoms with Crippen molar-refractivity contribution >= 4 is 58.9 Å². The van der Waals surface area contributed by atoms with Gasteiger partial charge in [-0.1, -0.05) is 0 Å². The van der Waals surface area contributed by atoms with Gasteiger partial charge in [-0.3, -0.25) is 0 Å². The number of nitrogen functional groups attached to an aromatic ring is 1. The van der Waals surface area contributed by atoms with E-state index in [1.54, 1.807) is 6.07 Å². The molecule has 0 bridgehead atoms. The molecule has 0 radical (unpaired) electrons. The molecular formula is C11H10Br2N2O2S2. The Balaban J connectivity index is 2.16. The van der Waals surface area contributed by atoms with Crippen LogP contribution in [0.25, 0.3) is 0 Å². The SMILES string of the molecule is Nc1cc(S(=O)(=O)NCc2cc(Br)cs2)ccc1Br. The van der Waals surface area contributed by atoms with E-state index in [9.17, 15) is 8.42 Å². The Kier molecular flexibility index (Phi) is 4.67. The lowest BCUT2D eigenvalue weighted by molar-refractivity contribution is 0.582. The Morgan fingerprint density at radius 2 is 2.00 bits per heavy atom. The van der Waals surface area contributed by atoms with E-state index in [1.807, 2.05) is 11.4 Å². The predicted octanol–water partition coefficient (Wildman–Crippen LogP) is 3.33. The number of hydrogen-bond acceptors (Lipinski definition) is 4. The summed E-state index contributed by atoms with van der Waals surface area (Å²) in [7, 11) is -3.55. The highest BCUT2D eigenvalue weighted by Crippen LogP contribution is 2.23. The van der Waals surface area contributed by atoms with Crippen LogP contribution < -0.4 is 10.5 Å². The third-order valence-electron chi connectivity index (χ3n) is 2.34. The topological polar surface area (TPSA) is 72.2 Å². The molecule has 0 spiro atoms. The summed E-state index contributed by atoms with van der Waals surface area (Å²) in [6.07, 6.45) is 0. The molecule has 0 amide bonds. The molecule has 0 aliphatic rings. The molecule has 0 aliphatic heterocycles. The molecule has 3 N–H and O–H groups in total. The van der Waals surface area contributed by atoms with Crippen molar-refractivity contribution < 1.29 is 8.42 Å². The van der Waals surface area contributed by atoms with Crippen molar-refractivity contribution in [2.45, 2.75) is 11.4 Å². The Morgan fingerprint density at radius 1 is 1.26 bits per heavy atom. The summed E-state index contributed by atoms with van der Waals surface area (Å²) >= 11 is 8.04. The summed E-state index contributed by atoms with van der Waals surface area (Å²) in [5.74, 6) is 0. The molecule has 0 saturated carbocycles. The van der Waals surface area contributed by atoms with Gasteiger partial charge in [0.2, 0.25) is 10.0 Å². The van der Waals surface area contributed by atoms with Crippen LogP contribution in [0.2, 0.25) is 0 Å². The van der Waals surface area contributed by atoms with E-state index in [-0.39, 0.29) is 11.4 Å². The minimum absolute atomic E-state index is 0.156. The summed E-state index contributed by atoms with van der Waals surface area (Å²) in [5.41, 5.74) is 6.08. The molecule has 1 aromatic carbocycles. The molecule has 2 aromatic rings. The molecular weight excluding hydrogens is 416 g/mol. The van der Waals surface area contributed by atoms with Gasteiger partial charge in [0, 0.05) is 31.4 Å². The normalized spacial score (nSPS) is 11.7. The largest absolute Gasteiger partial charge is 0.398 e. The Morgan fingerprint density at radius 3 is 2.58 bits per heavy atom. The average Bonchev–Trinajstić information content (AvgIpc) is 2.76. The van der Waals surface area contributed by atoms with Gasteiger partial charge in [-0.25, -0.2) is 13.1 Å². The van der Waals surface area contributed by atoms with Crippen LogP contribution >= 0.6 is 43.2 Å². The fourth-order valence-corrected chi connectivity index (χ4v) is 4.16. The zero-order valence-electron chi connectivity index (χ0n) is 9.56. The Hall–Kier alpha value is -0.410. The highest BCUT2D eigenvalue weighted by atomic mass is 79.9. The molecule has 1 heterocycles. The van der Waals surface area contributed by atoms with Crippen LogP contribution in [0.5, 0.6) is 0 Å². The maximum atomic E-state index is 12.1. The van der Waals surface area contributed by atoms with E-state index in [2.05, 4.69) is 36.6 Å². The van der Waals surface area contributed by atoms with E-state index in [4.69, 9.17) is 5.73 Å². The van der Waals surface area contributed by atoms with E-state index < -0.39 is 10.0 Å². The zero-order valence-corrected chi connectivity index (χ0v) is 14.4. The molecule has 0 aliphatic carbocycles. The zero-order chi connectivity index (χ0) is 14.0. The average molecular weight is 426 g/mol. The van der Waals surface area contributed by atoms with Crippen molar-refractivity contribution in [3.63, 3.8) is 0 Å². The predicted molar refractivity (Wildman–Crippen MR) is 84.6 cm³/mol. The van der Waals surface area contributed by atoms with E-state index in [0.717, 1.165) is 9.35 Å². The second-order valence-electron chi connectivity index (χ2n) is 3.74. The number of hydrogen-bond donors (Lipinski definition) is 2. The number of rotatable bonds is 4. The molecule has 2 rings (SSSR count). The van der Waals surface area contributed by atoms with Crippen LogP contribution in [-0.4, -0.2) is 8.42 Å². The fraction of sp³-hybridized carbons (Fsp3) is 0.0909. The van der Waals surface area contributed by atoms with Crippen LogP contribution in [0, 0.1) is 0 Å². The Bertz CT molecular complexity index is 698. The second-order valence-corrected chi connectivity index (χ2v) is 8.27. The molecule has 4 nitrogen and oxygen atoms in total. The van der Waals surface area contributed by atoms with Gasteiger partial charge in [-0.05, 0) is 56.1 Å². The van der Waals surface area contributed by atoms with Crippen molar-refractivity contribution in [3.05, 3.63) is 43.5 Å². The molecule has 1 aromatic heterocycles. The van der Waals surface area contributed by atoms with E-state index in [1.165, 1.54) is 23.5 Å². The maximum absolute atomic E-state index is 12.1. The molecule has 102 valence electrons. The van der Waals surface area contributed by atoms with Crippen molar-refractivity contribution in [2.75, 3.05) is 5.73 Å². The minimum atomic E-state index is -3.55. The number of sulfonamides is 1. The van der Waals surface area contributed by atoms with Crippen molar-refractivity contribution in [1.82, 2.24) is 4.72 Å². The lowest BCUT2D eigenvalue weighted by Crippen LogP contribution is -2.22. The summed E-state index contributed by atoms with van der Waals surface area (Å²) < 4.78 is 28.3. The van der Waals surface area contributed by atoms with Gasteiger partial charge in [-0.15, -0.1) is 11.3 Å². The van der Waals surface area contributed by atoms with Crippen LogP contribution in [-0.2, 0) is 16.6 Å². The maximum Gasteiger partial charge on any atom is 0.240 e. The first-order valence-electron chi connectivity index (χ1n) is 5.16. The molecule has 0 saturated heterocycles. The van der Waals surface area contributed by atoms with Crippen molar-refractivity contribution in [2.24, 2.45) is 0 Å². The first kappa shape index (κ1) is 15.0. The number of thiophene rings is 1. The summed E-state index contributed by atoms with van der Waals surface area (Å²) in [5, 5.41) is 1.90. The van der Waals surface area contributed by atoms with Gasteiger partial charge in [-0.2, -0.15) is 0 Å². The molecule has 19 heavy (non-hydrogen) atoms. The van der Waals surface area contributed by atoms with Crippen molar-refractivity contribution in [1.29, 1.82) is 0 Å². The molecule has 8 heteroatoms. The van der Waals surface area contributed by atoms with Crippen LogP contribution in [0.1, 0.15) is 4.88 Å². The fourth-order valence-electron chi connectivity index (χ4n) is 1.38. The van der Waals surface area contributed by atoms with E-state index in [0.29, 0.717) is 10.2 Å². The second kappa shape index (κ2) is 5.92. The third kappa shape index (κ3) is 3.79. The van der Waals surface area contributed by atoms with Crippen LogP contribution in [0.15, 0.2) is 43.5 Å². The van der Waals surface area contributed by atoms with Gasteiger partial charge in [0.15, 0.2) is 0 Å². The lowest BCUT2D eigenvalue weighted by atomic mass is 10.3. The van der Waals surface area contributed by atoms with Crippen molar-refractivity contribution in [3.8, 4) is 0 Å². The highest BCUT2D eigenvalue weighted by molar-refractivity contribution is 9.10. The number of nitrogens with two attached hydrogens (primary N) is 1. The third-order valence-corrected chi connectivity index (χ3v) is 6.15. The molecule has 0 fully saturated rings. The summed E-state index contributed by atoms with van der Waals surface area (Å²) in [6, 6.07) is 6.43.